The van der Waals surface area contributed by atoms with Crippen molar-refractivity contribution in [2.45, 2.75) is 23.0 Å². The quantitative estimate of drug-likeness (QED) is 0.856. The van der Waals surface area contributed by atoms with Crippen LogP contribution in [-0.2, 0) is 4.79 Å². The second-order valence-electron chi connectivity index (χ2n) is 4.53. The second kappa shape index (κ2) is 5.17. The van der Waals surface area contributed by atoms with Gasteiger partial charge in [-0.1, -0.05) is 11.8 Å². The lowest BCUT2D eigenvalue weighted by Gasteiger charge is -2.17. The smallest absolute Gasteiger partial charge is 0.333 e. The van der Waals surface area contributed by atoms with Crippen LogP contribution in [0.1, 0.15) is 6.42 Å². The topological polar surface area (TPSA) is 63.4 Å². The molecule has 0 spiro atoms. The SMILES string of the molecule is O=C1[C@H](Sc2nc3ncccn3n2)CCN1CC(F)(F)F. The van der Waals surface area contributed by atoms with Gasteiger partial charge in [-0.25, -0.2) is 9.50 Å². The predicted molar refractivity (Wildman–Crippen MR) is 67.7 cm³/mol. The lowest BCUT2D eigenvalue weighted by atomic mass is 10.4. The Labute approximate surface area is 121 Å². The van der Waals surface area contributed by atoms with Crippen LogP contribution in [0.5, 0.6) is 0 Å². The van der Waals surface area contributed by atoms with Gasteiger partial charge in [0.25, 0.3) is 5.78 Å². The van der Waals surface area contributed by atoms with E-state index in [0.717, 1.165) is 16.7 Å². The number of carbonyl (C=O) groups excluding carboxylic acids is 1. The van der Waals surface area contributed by atoms with Crippen LogP contribution < -0.4 is 0 Å². The lowest BCUT2D eigenvalue weighted by Crippen LogP contribution is -2.36. The Morgan fingerprint density at radius 2 is 2.24 bits per heavy atom. The first kappa shape index (κ1) is 14.1. The maximum atomic E-state index is 12.3. The summed E-state index contributed by atoms with van der Waals surface area (Å²) in [4.78, 5) is 20.9. The summed E-state index contributed by atoms with van der Waals surface area (Å²) >= 11 is 1.07. The molecular formula is C11H10F3N5OS. The summed E-state index contributed by atoms with van der Waals surface area (Å²) in [7, 11) is 0. The van der Waals surface area contributed by atoms with Gasteiger partial charge in [-0.2, -0.15) is 18.2 Å². The van der Waals surface area contributed by atoms with Crippen molar-refractivity contribution in [3.63, 3.8) is 0 Å². The van der Waals surface area contributed by atoms with E-state index in [2.05, 4.69) is 15.1 Å². The molecular weight excluding hydrogens is 307 g/mol. The largest absolute Gasteiger partial charge is 0.406 e. The molecule has 1 aliphatic heterocycles. The third-order valence-corrected chi connectivity index (χ3v) is 4.07. The second-order valence-corrected chi connectivity index (χ2v) is 5.70. The van der Waals surface area contributed by atoms with E-state index < -0.39 is 23.9 Å². The van der Waals surface area contributed by atoms with E-state index >= 15 is 0 Å². The number of carbonyl (C=O) groups is 1. The summed E-state index contributed by atoms with van der Waals surface area (Å²) in [5, 5.41) is 3.88. The van der Waals surface area contributed by atoms with Gasteiger partial charge >= 0.3 is 6.18 Å². The molecule has 1 aliphatic rings. The van der Waals surface area contributed by atoms with Crippen LogP contribution in [0.3, 0.4) is 0 Å². The summed E-state index contributed by atoms with van der Waals surface area (Å²) in [6.45, 7) is -1.11. The Morgan fingerprint density at radius 3 is 2.95 bits per heavy atom. The monoisotopic (exact) mass is 317 g/mol. The number of likely N-dealkylation sites (tertiary alicyclic amines) is 1. The average molecular weight is 317 g/mol. The van der Waals surface area contributed by atoms with Crippen molar-refractivity contribution in [3.05, 3.63) is 18.5 Å². The Bertz CT molecular complexity index is 640. The maximum Gasteiger partial charge on any atom is 0.406 e. The number of hydrogen-bond acceptors (Lipinski definition) is 5. The molecule has 0 aliphatic carbocycles. The number of aromatic nitrogens is 4. The van der Waals surface area contributed by atoms with Crippen LogP contribution in [0.15, 0.2) is 23.6 Å². The van der Waals surface area contributed by atoms with Gasteiger partial charge in [0, 0.05) is 18.9 Å². The van der Waals surface area contributed by atoms with E-state index in [1.807, 2.05) is 0 Å². The summed E-state index contributed by atoms with van der Waals surface area (Å²) in [6.07, 6.45) is -0.806. The van der Waals surface area contributed by atoms with Crippen molar-refractivity contribution in [3.8, 4) is 0 Å². The van der Waals surface area contributed by atoms with Gasteiger partial charge in [0.05, 0.1) is 5.25 Å². The van der Waals surface area contributed by atoms with Crippen molar-refractivity contribution < 1.29 is 18.0 Å². The highest BCUT2D eigenvalue weighted by Gasteiger charge is 2.40. The molecule has 0 saturated carbocycles. The number of fused-ring (bicyclic) bond motifs is 1. The van der Waals surface area contributed by atoms with Crippen molar-refractivity contribution >= 4 is 23.4 Å². The highest BCUT2D eigenvalue weighted by molar-refractivity contribution is 8.00. The van der Waals surface area contributed by atoms with Crippen LogP contribution in [-0.4, -0.2) is 54.9 Å². The molecule has 0 bridgehead atoms. The van der Waals surface area contributed by atoms with Crippen LogP contribution in [0.25, 0.3) is 5.78 Å². The summed E-state index contributed by atoms with van der Waals surface area (Å²) in [6, 6.07) is 1.68. The van der Waals surface area contributed by atoms with E-state index in [-0.39, 0.29) is 6.54 Å². The molecule has 0 unspecified atom stereocenters. The first-order chi connectivity index (χ1) is 9.92. The lowest BCUT2D eigenvalue weighted by molar-refractivity contribution is -0.157. The fraction of sp³-hybridized carbons (Fsp3) is 0.455. The van der Waals surface area contributed by atoms with Gasteiger partial charge in [-0.3, -0.25) is 4.79 Å². The number of halogens is 3. The molecule has 0 aromatic carbocycles. The Hall–Kier alpha value is -1.84. The van der Waals surface area contributed by atoms with Crippen LogP contribution in [0, 0.1) is 0 Å². The van der Waals surface area contributed by atoms with E-state index in [0.29, 0.717) is 17.4 Å². The van der Waals surface area contributed by atoms with Crippen molar-refractivity contribution in [2.24, 2.45) is 0 Å². The highest BCUT2D eigenvalue weighted by Crippen LogP contribution is 2.30. The van der Waals surface area contributed by atoms with Gasteiger partial charge < -0.3 is 4.90 Å². The number of nitrogens with zero attached hydrogens (tertiary/aromatic N) is 5. The predicted octanol–water partition coefficient (Wildman–Crippen LogP) is 1.38. The zero-order chi connectivity index (χ0) is 15.0. The standard InChI is InChI=1S/C11H10F3N5OS/c12-11(13,14)6-18-5-2-7(8(18)20)21-10-16-9-15-3-1-4-19(9)17-10/h1,3-4,7H,2,5-6H2/t7-/m1/s1. The molecule has 2 aromatic heterocycles. The molecule has 1 atom stereocenters. The molecule has 1 saturated heterocycles. The highest BCUT2D eigenvalue weighted by atomic mass is 32.2. The first-order valence-electron chi connectivity index (χ1n) is 6.12. The van der Waals surface area contributed by atoms with Crippen LogP contribution in [0.4, 0.5) is 13.2 Å². The van der Waals surface area contributed by atoms with Crippen molar-refractivity contribution in [1.29, 1.82) is 0 Å². The minimum absolute atomic E-state index is 0.0988. The number of rotatable bonds is 3. The molecule has 6 nitrogen and oxygen atoms in total. The zero-order valence-electron chi connectivity index (χ0n) is 10.6. The number of hydrogen-bond donors (Lipinski definition) is 0. The molecule has 2 aromatic rings. The molecule has 0 radical (unpaired) electrons. The van der Waals surface area contributed by atoms with Gasteiger partial charge in [0.2, 0.25) is 11.1 Å². The van der Waals surface area contributed by atoms with Crippen molar-refractivity contribution in [2.75, 3.05) is 13.1 Å². The maximum absolute atomic E-state index is 12.3. The molecule has 112 valence electrons. The Balaban J connectivity index is 1.69. The zero-order valence-corrected chi connectivity index (χ0v) is 11.4. The molecule has 3 rings (SSSR count). The molecule has 1 fully saturated rings. The molecule has 0 N–H and O–H groups in total. The fourth-order valence-corrected chi connectivity index (χ4v) is 3.08. The van der Waals surface area contributed by atoms with Gasteiger partial charge in [0.1, 0.15) is 6.54 Å². The molecule has 3 heterocycles. The van der Waals surface area contributed by atoms with E-state index in [1.165, 1.54) is 4.52 Å². The van der Waals surface area contributed by atoms with Gasteiger partial charge in [-0.05, 0) is 12.5 Å². The minimum atomic E-state index is -4.37. The van der Waals surface area contributed by atoms with Crippen molar-refractivity contribution in [1.82, 2.24) is 24.5 Å². The van der Waals surface area contributed by atoms with Crippen LogP contribution >= 0.6 is 11.8 Å². The third-order valence-electron chi connectivity index (χ3n) is 2.96. The summed E-state index contributed by atoms with van der Waals surface area (Å²) in [5.41, 5.74) is 0. The van der Waals surface area contributed by atoms with Gasteiger partial charge in [-0.15, -0.1) is 5.10 Å². The number of amides is 1. The van der Waals surface area contributed by atoms with E-state index in [9.17, 15) is 18.0 Å². The molecule has 10 heteroatoms. The molecule has 21 heavy (non-hydrogen) atoms. The number of thioether (sulfide) groups is 1. The first-order valence-corrected chi connectivity index (χ1v) is 7.00. The Kier molecular flexibility index (Phi) is 3.47. The Morgan fingerprint density at radius 1 is 1.43 bits per heavy atom. The fourth-order valence-electron chi connectivity index (χ4n) is 2.08. The average Bonchev–Trinajstić information content (AvgIpc) is 2.95. The third kappa shape index (κ3) is 3.09. The van der Waals surface area contributed by atoms with Crippen LogP contribution in [0.2, 0.25) is 0 Å². The van der Waals surface area contributed by atoms with Gasteiger partial charge in [0.15, 0.2) is 0 Å². The summed E-state index contributed by atoms with van der Waals surface area (Å²) in [5.74, 6) is -0.137. The number of alkyl halides is 3. The van der Waals surface area contributed by atoms with E-state index in [1.54, 1.807) is 18.5 Å². The molecule has 1 amide bonds. The minimum Gasteiger partial charge on any atom is -0.333 e. The normalized spacial score (nSPS) is 19.7. The summed E-state index contributed by atoms with van der Waals surface area (Å²) < 4.78 is 38.5. The van der Waals surface area contributed by atoms with E-state index in [4.69, 9.17) is 0 Å².